The molecule has 1 aliphatic rings. The van der Waals surface area contributed by atoms with Crippen LogP contribution in [0.1, 0.15) is 19.4 Å². The molecule has 0 aliphatic carbocycles. The standard InChI is InChI=1S/C16H16N6OS/c1-3-22-16(23)24-9(2)14(21-22)10-4-5-11-13(8-10)19-15(18-11)12-6-7-17-20-12/h4-9H,3H2,1-2H3,(H,17,20)(H,18,19). The first-order valence-corrected chi connectivity index (χ1v) is 8.60. The lowest BCUT2D eigenvalue weighted by molar-refractivity contribution is 0.227. The van der Waals surface area contributed by atoms with Gasteiger partial charge in [-0.15, -0.1) is 0 Å². The molecule has 2 aromatic heterocycles. The largest absolute Gasteiger partial charge is 0.337 e. The molecule has 7 nitrogen and oxygen atoms in total. The Morgan fingerprint density at radius 3 is 2.96 bits per heavy atom. The number of aromatic amines is 2. The van der Waals surface area contributed by atoms with Crippen molar-refractivity contribution < 1.29 is 4.79 Å². The van der Waals surface area contributed by atoms with Crippen LogP contribution in [-0.2, 0) is 0 Å². The van der Waals surface area contributed by atoms with Gasteiger partial charge < -0.3 is 4.98 Å². The molecule has 1 unspecified atom stereocenters. The minimum atomic E-state index is -0.00194. The number of fused-ring (bicyclic) bond motifs is 1. The highest BCUT2D eigenvalue weighted by Crippen LogP contribution is 2.27. The first-order chi connectivity index (χ1) is 11.7. The van der Waals surface area contributed by atoms with E-state index in [2.05, 4.69) is 25.3 Å². The zero-order valence-electron chi connectivity index (χ0n) is 13.3. The van der Waals surface area contributed by atoms with E-state index in [1.807, 2.05) is 38.1 Å². The van der Waals surface area contributed by atoms with Gasteiger partial charge in [-0.1, -0.05) is 17.8 Å². The summed E-state index contributed by atoms with van der Waals surface area (Å²) in [6, 6.07) is 7.86. The van der Waals surface area contributed by atoms with Crippen molar-refractivity contribution in [2.75, 3.05) is 6.54 Å². The number of carbonyl (C=O) groups is 1. The Morgan fingerprint density at radius 1 is 1.33 bits per heavy atom. The van der Waals surface area contributed by atoms with Crippen molar-refractivity contribution in [3.63, 3.8) is 0 Å². The fraction of sp³-hybridized carbons (Fsp3) is 0.250. The van der Waals surface area contributed by atoms with Crippen LogP contribution in [0.15, 0.2) is 35.6 Å². The van der Waals surface area contributed by atoms with E-state index in [0.29, 0.717) is 6.54 Å². The number of imidazole rings is 1. The summed E-state index contributed by atoms with van der Waals surface area (Å²) in [5.74, 6) is 0.748. The molecule has 1 aromatic carbocycles. The summed E-state index contributed by atoms with van der Waals surface area (Å²) >= 11 is 1.30. The first kappa shape index (κ1) is 14.9. The SMILES string of the molecule is CCN1N=C(c2ccc3nc(-c4ccn[nH]4)[nH]c3c2)C(C)SC1=O. The molecule has 122 valence electrons. The van der Waals surface area contributed by atoms with Crippen LogP contribution in [0, 0.1) is 0 Å². The van der Waals surface area contributed by atoms with Crippen LogP contribution in [0.5, 0.6) is 0 Å². The van der Waals surface area contributed by atoms with Crippen LogP contribution in [0.4, 0.5) is 4.79 Å². The lowest BCUT2D eigenvalue weighted by Crippen LogP contribution is -2.33. The molecule has 0 radical (unpaired) electrons. The van der Waals surface area contributed by atoms with Gasteiger partial charge in [0.25, 0.3) is 0 Å². The second-order valence-electron chi connectivity index (χ2n) is 5.51. The second kappa shape index (κ2) is 5.79. The van der Waals surface area contributed by atoms with Crippen molar-refractivity contribution in [2.45, 2.75) is 19.1 Å². The summed E-state index contributed by atoms with van der Waals surface area (Å²) in [4.78, 5) is 19.8. The molecule has 24 heavy (non-hydrogen) atoms. The Bertz CT molecular complexity index is 929. The molecule has 2 N–H and O–H groups in total. The van der Waals surface area contributed by atoms with Gasteiger partial charge >= 0.3 is 5.24 Å². The zero-order valence-corrected chi connectivity index (χ0v) is 14.1. The van der Waals surface area contributed by atoms with Crippen molar-refractivity contribution >= 4 is 33.7 Å². The highest BCUT2D eigenvalue weighted by molar-refractivity contribution is 8.14. The molecule has 3 heterocycles. The van der Waals surface area contributed by atoms with Crippen molar-refractivity contribution in [1.82, 2.24) is 25.2 Å². The third-order valence-electron chi connectivity index (χ3n) is 3.93. The minimum Gasteiger partial charge on any atom is -0.337 e. The molecule has 1 atom stereocenters. The molecule has 0 spiro atoms. The van der Waals surface area contributed by atoms with Crippen LogP contribution < -0.4 is 0 Å². The van der Waals surface area contributed by atoms with E-state index in [-0.39, 0.29) is 10.5 Å². The smallest absolute Gasteiger partial charge is 0.302 e. The number of hydrazone groups is 1. The topological polar surface area (TPSA) is 90.0 Å². The van der Waals surface area contributed by atoms with E-state index in [1.54, 1.807) is 6.20 Å². The molecule has 1 aliphatic heterocycles. The van der Waals surface area contributed by atoms with Crippen molar-refractivity contribution in [3.05, 3.63) is 36.0 Å². The van der Waals surface area contributed by atoms with Gasteiger partial charge in [-0.05, 0) is 32.0 Å². The number of nitrogens with zero attached hydrogens (tertiary/aromatic N) is 4. The number of aromatic nitrogens is 4. The van der Waals surface area contributed by atoms with Crippen LogP contribution >= 0.6 is 11.8 Å². The Kier molecular flexibility index (Phi) is 3.61. The van der Waals surface area contributed by atoms with Crippen LogP contribution in [0.25, 0.3) is 22.6 Å². The third-order valence-corrected chi connectivity index (χ3v) is 4.92. The Hall–Kier alpha value is -2.61. The Balaban J connectivity index is 1.76. The number of hydrogen-bond donors (Lipinski definition) is 2. The zero-order chi connectivity index (χ0) is 16.7. The van der Waals surface area contributed by atoms with Gasteiger partial charge in [-0.2, -0.15) is 10.2 Å². The van der Waals surface area contributed by atoms with Crippen molar-refractivity contribution in [2.24, 2.45) is 5.10 Å². The monoisotopic (exact) mass is 340 g/mol. The van der Waals surface area contributed by atoms with Gasteiger partial charge in [0.05, 0.1) is 22.0 Å². The second-order valence-corrected chi connectivity index (χ2v) is 6.81. The van der Waals surface area contributed by atoms with E-state index < -0.39 is 0 Å². The van der Waals surface area contributed by atoms with Crippen molar-refractivity contribution in [3.8, 4) is 11.5 Å². The number of thioether (sulfide) groups is 1. The van der Waals surface area contributed by atoms with Crippen LogP contribution in [0.3, 0.4) is 0 Å². The van der Waals surface area contributed by atoms with E-state index >= 15 is 0 Å². The molecule has 0 bridgehead atoms. The average molecular weight is 340 g/mol. The molecular formula is C16H16N6OS. The van der Waals surface area contributed by atoms with Gasteiger partial charge in [0, 0.05) is 18.3 Å². The summed E-state index contributed by atoms with van der Waals surface area (Å²) in [5, 5.41) is 12.9. The molecule has 0 saturated heterocycles. The van der Waals surface area contributed by atoms with E-state index in [9.17, 15) is 4.79 Å². The predicted octanol–water partition coefficient (Wildman–Crippen LogP) is 3.23. The number of benzene rings is 1. The molecule has 0 fully saturated rings. The fourth-order valence-corrected chi connectivity index (χ4v) is 3.59. The van der Waals surface area contributed by atoms with E-state index in [0.717, 1.165) is 33.8 Å². The van der Waals surface area contributed by atoms with Crippen molar-refractivity contribution in [1.29, 1.82) is 0 Å². The molecule has 0 saturated carbocycles. The normalized spacial score (nSPS) is 18.2. The molecule has 1 amide bonds. The minimum absolute atomic E-state index is 0.00194. The summed E-state index contributed by atoms with van der Waals surface area (Å²) in [6.07, 6.45) is 1.69. The fourth-order valence-electron chi connectivity index (χ4n) is 2.70. The summed E-state index contributed by atoms with van der Waals surface area (Å²) < 4.78 is 0. The number of amides is 1. The summed E-state index contributed by atoms with van der Waals surface area (Å²) in [5.41, 5.74) is 4.55. The lowest BCUT2D eigenvalue weighted by Gasteiger charge is -2.26. The maximum atomic E-state index is 11.9. The van der Waals surface area contributed by atoms with Gasteiger partial charge in [-0.25, -0.2) is 9.99 Å². The van der Waals surface area contributed by atoms with Gasteiger partial charge in [-0.3, -0.25) is 9.89 Å². The number of nitrogens with one attached hydrogen (secondary N) is 2. The summed E-state index contributed by atoms with van der Waals surface area (Å²) in [6.45, 7) is 4.49. The average Bonchev–Trinajstić information content (AvgIpc) is 3.23. The van der Waals surface area contributed by atoms with Gasteiger partial charge in [0.2, 0.25) is 0 Å². The number of H-pyrrole nitrogens is 2. The molecule has 8 heteroatoms. The number of carbonyl (C=O) groups excluding carboxylic acids is 1. The van der Waals surface area contributed by atoms with Crippen LogP contribution in [0.2, 0.25) is 0 Å². The van der Waals surface area contributed by atoms with Gasteiger partial charge in [0.1, 0.15) is 5.69 Å². The van der Waals surface area contributed by atoms with E-state index in [4.69, 9.17) is 0 Å². The summed E-state index contributed by atoms with van der Waals surface area (Å²) in [7, 11) is 0. The predicted molar refractivity (Wildman–Crippen MR) is 95.0 cm³/mol. The highest BCUT2D eigenvalue weighted by Gasteiger charge is 2.27. The number of hydrogen-bond acceptors (Lipinski definition) is 5. The quantitative estimate of drug-likeness (QED) is 0.766. The van der Waals surface area contributed by atoms with Crippen LogP contribution in [-0.4, -0.2) is 47.9 Å². The maximum Gasteiger partial charge on any atom is 0.302 e. The maximum absolute atomic E-state index is 11.9. The Morgan fingerprint density at radius 2 is 2.21 bits per heavy atom. The molecule has 3 aromatic rings. The molecular weight excluding hydrogens is 324 g/mol. The highest BCUT2D eigenvalue weighted by atomic mass is 32.2. The third kappa shape index (κ3) is 2.48. The first-order valence-electron chi connectivity index (χ1n) is 7.72. The van der Waals surface area contributed by atoms with Gasteiger partial charge in [0.15, 0.2) is 5.82 Å². The number of rotatable bonds is 3. The Labute approximate surface area is 142 Å². The molecule has 4 rings (SSSR count). The lowest BCUT2D eigenvalue weighted by atomic mass is 10.1. The van der Waals surface area contributed by atoms with E-state index in [1.165, 1.54) is 16.8 Å².